The maximum Gasteiger partial charge on any atom is 0.255 e. The third-order valence-electron chi connectivity index (χ3n) is 5.05. The Morgan fingerprint density at radius 2 is 2.08 bits per heavy atom. The van der Waals surface area contributed by atoms with Crippen LogP contribution in [-0.4, -0.2) is 28.0 Å². The number of rotatable bonds is 3. The minimum atomic E-state index is -0.104. The van der Waals surface area contributed by atoms with E-state index in [0.29, 0.717) is 23.8 Å². The van der Waals surface area contributed by atoms with Crippen LogP contribution in [0.25, 0.3) is 11.3 Å². The largest absolute Gasteiger partial charge is 0.350 e. The van der Waals surface area contributed by atoms with Crippen LogP contribution in [0.2, 0.25) is 0 Å². The van der Waals surface area contributed by atoms with Crippen LogP contribution in [0.1, 0.15) is 47.3 Å². The zero-order valence-corrected chi connectivity index (χ0v) is 14.4. The number of benzene rings is 1. The van der Waals surface area contributed by atoms with Crippen LogP contribution in [0, 0.1) is 6.92 Å². The van der Waals surface area contributed by atoms with Crippen molar-refractivity contribution >= 4 is 11.9 Å². The van der Waals surface area contributed by atoms with Gasteiger partial charge in [0.05, 0.1) is 23.5 Å². The van der Waals surface area contributed by atoms with Crippen LogP contribution in [0.15, 0.2) is 24.3 Å². The maximum atomic E-state index is 12.3. The summed E-state index contributed by atoms with van der Waals surface area (Å²) in [4.78, 5) is 21.5. The smallest absolute Gasteiger partial charge is 0.255 e. The van der Waals surface area contributed by atoms with Gasteiger partial charge in [0.25, 0.3) is 5.91 Å². The van der Waals surface area contributed by atoms with E-state index in [1.807, 2.05) is 31.2 Å². The molecule has 130 valence electrons. The predicted molar refractivity (Wildman–Crippen MR) is 97.2 cm³/mol. The summed E-state index contributed by atoms with van der Waals surface area (Å²) < 4.78 is 0. The quantitative estimate of drug-likeness (QED) is 0.799. The van der Waals surface area contributed by atoms with E-state index < -0.39 is 0 Å². The van der Waals surface area contributed by atoms with Gasteiger partial charge in [0.1, 0.15) is 0 Å². The Morgan fingerprint density at radius 1 is 1.24 bits per heavy atom. The molecule has 25 heavy (non-hydrogen) atoms. The Bertz CT molecular complexity index is 819. The van der Waals surface area contributed by atoms with Crippen LogP contribution in [-0.2, 0) is 6.54 Å². The highest BCUT2D eigenvalue weighted by atomic mass is 16.1. The molecule has 4 rings (SSSR count). The highest BCUT2D eigenvalue weighted by Crippen LogP contribution is 2.29. The number of hydrogen-bond donors (Lipinski definition) is 3. The molecule has 0 saturated heterocycles. The van der Waals surface area contributed by atoms with E-state index in [9.17, 15) is 4.79 Å². The molecule has 2 aliphatic rings. The molecule has 1 aromatic carbocycles. The summed E-state index contributed by atoms with van der Waals surface area (Å²) in [6, 6.07) is 8.35. The van der Waals surface area contributed by atoms with Gasteiger partial charge in [-0.2, -0.15) is 0 Å². The average molecular weight is 337 g/mol. The molecule has 2 heterocycles. The lowest BCUT2D eigenvalue weighted by Gasteiger charge is -2.29. The SMILES string of the molecule is Cc1cccc(-c2nc(N[C@@H]3CCCC[C@@H]3N)nc3c2C(=O)NC3)c1. The number of nitrogens with one attached hydrogen (secondary N) is 2. The molecule has 2 atom stereocenters. The first-order chi connectivity index (χ1) is 12.1. The average Bonchev–Trinajstić information content (AvgIpc) is 2.97. The number of anilines is 1. The third-order valence-corrected chi connectivity index (χ3v) is 5.05. The number of fused-ring (bicyclic) bond motifs is 1. The Morgan fingerprint density at radius 3 is 2.88 bits per heavy atom. The lowest BCUT2D eigenvalue weighted by molar-refractivity contribution is 0.0966. The zero-order chi connectivity index (χ0) is 17.4. The number of aryl methyl sites for hydroxylation is 1. The maximum absolute atomic E-state index is 12.3. The van der Waals surface area contributed by atoms with Gasteiger partial charge in [0.2, 0.25) is 5.95 Å². The van der Waals surface area contributed by atoms with Crippen molar-refractivity contribution in [2.24, 2.45) is 5.73 Å². The number of amides is 1. The summed E-state index contributed by atoms with van der Waals surface area (Å²) in [6.45, 7) is 2.48. The summed E-state index contributed by atoms with van der Waals surface area (Å²) in [5.74, 6) is 0.460. The van der Waals surface area contributed by atoms with E-state index in [4.69, 9.17) is 10.7 Å². The van der Waals surface area contributed by atoms with Gasteiger partial charge in [0, 0.05) is 17.6 Å². The van der Waals surface area contributed by atoms with Gasteiger partial charge >= 0.3 is 0 Å². The van der Waals surface area contributed by atoms with Gasteiger partial charge in [-0.25, -0.2) is 9.97 Å². The van der Waals surface area contributed by atoms with E-state index in [1.165, 1.54) is 12.8 Å². The van der Waals surface area contributed by atoms with Crippen LogP contribution in [0.4, 0.5) is 5.95 Å². The lowest BCUT2D eigenvalue weighted by atomic mass is 9.91. The number of nitrogens with zero attached hydrogens (tertiary/aromatic N) is 2. The van der Waals surface area contributed by atoms with Crippen LogP contribution < -0.4 is 16.4 Å². The summed E-state index contributed by atoms with van der Waals surface area (Å²) in [5.41, 5.74) is 10.3. The molecule has 6 heteroatoms. The molecule has 0 radical (unpaired) electrons. The number of carbonyl (C=O) groups excluding carboxylic acids is 1. The van der Waals surface area contributed by atoms with E-state index in [0.717, 1.165) is 29.7 Å². The van der Waals surface area contributed by atoms with Crippen molar-refractivity contribution in [3.8, 4) is 11.3 Å². The second-order valence-electron chi connectivity index (χ2n) is 6.97. The molecule has 0 bridgehead atoms. The molecule has 1 saturated carbocycles. The van der Waals surface area contributed by atoms with Crippen molar-refractivity contribution in [1.82, 2.24) is 15.3 Å². The fourth-order valence-corrected chi connectivity index (χ4v) is 3.70. The van der Waals surface area contributed by atoms with Crippen molar-refractivity contribution in [2.45, 2.75) is 51.2 Å². The van der Waals surface area contributed by atoms with Gasteiger partial charge in [-0.05, 0) is 25.8 Å². The van der Waals surface area contributed by atoms with Crippen LogP contribution >= 0.6 is 0 Å². The first-order valence-electron chi connectivity index (χ1n) is 8.90. The minimum Gasteiger partial charge on any atom is -0.350 e. The van der Waals surface area contributed by atoms with E-state index in [-0.39, 0.29) is 18.0 Å². The molecule has 1 amide bonds. The van der Waals surface area contributed by atoms with Crippen molar-refractivity contribution in [3.05, 3.63) is 41.1 Å². The predicted octanol–water partition coefficient (Wildman–Crippen LogP) is 2.38. The molecule has 0 spiro atoms. The Hall–Kier alpha value is -2.47. The Kier molecular flexibility index (Phi) is 4.13. The normalized spacial score (nSPS) is 22.4. The van der Waals surface area contributed by atoms with Crippen molar-refractivity contribution < 1.29 is 4.79 Å². The highest BCUT2D eigenvalue weighted by molar-refractivity contribution is 6.03. The number of aromatic nitrogens is 2. The van der Waals surface area contributed by atoms with Crippen LogP contribution in [0.3, 0.4) is 0 Å². The fourth-order valence-electron chi connectivity index (χ4n) is 3.70. The van der Waals surface area contributed by atoms with E-state index >= 15 is 0 Å². The zero-order valence-electron chi connectivity index (χ0n) is 14.4. The first kappa shape index (κ1) is 16.0. The van der Waals surface area contributed by atoms with Crippen LogP contribution in [0.5, 0.6) is 0 Å². The van der Waals surface area contributed by atoms with Crippen molar-refractivity contribution in [3.63, 3.8) is 0 Å². The fraction of sp³-hybridized carbons (Fsp3) is 0.421. The van der Waals surface area contributed by atoms with Gasteiger partial charge in [-0.15, -0.1) is 0 Å². The number of hydrogen-bond acceptors (Lipinski definition) is 5. The lowest BCUT2D eigenvalue weighted by Crippen LogP contribution is -2.43. The summed E-state index contributed by atoms with van der Waals surface area (Å²) in [5, 5.41) is 6.27. The standard InChI is InChI=1S/C19H23N5O/c1-11-5-4-6-12(9-11)17-16-15(10-21-18(16)25)23-19(24-17)22-14-8-3-2-7-13(14)20/h4-6,9,13-14H,2-3,7-8,10,20H2,1H3,(H,21,25)(H,22,23,24)/t13-,14+/m0/s1. The van der Waals surface area contributed by atoms with Gasteiger partial charge in [0.15, 0.2) is 0 Å². The first-order valence-corrected chi connectivity index (χ1v) is 8.90. The Labute approximate surface area is 147 Å². The summed E-state index contributed by atoms with van der Waals surface area (Å²) in [7, 11) is 0. The third kappa shape index (κ3) is 3.09. The molecule has 4 N–H and O–H groups in total. The number of carbonyl (C=O) groups is 1. The van der Waals surface area contributed by atoms with Gasteiger partial charge in [-0.3, -0.25) is 4.79 Å². The monoisotopic (exact) mass is 337 g/mol. The van der Waals surface area contributed by atoms with E-state index in [2.05, 4.69) is 15.6 Å². The highest BCUT2D eigenvalue weighted by Gasteiger charge is 2.28. The second kappa shape index (κ2) is 6.44. The van der Waals surface area contributed by atoms with Crippen molar-refractivity contribution in [1.29, 1.82) is 0 Å². The molecule has 1 aliphatic heterocycles. The second-order valence-corrected chi connectivity index (χ2v) is 6.97. The summed E-state index contributed by atoms with van der Waals surface area (Å²) >= 11 is 0. The number of nitrogens with two attached hydrogens (primary N) is 1. The minimum absolute atomic E-state index is 0.104. The molecule has 1 aromatic heterocycles. The van der Waals surface area contributed by atoms with E-state index in [1.54, 1.807) is 0 Å². The summed E-state index contributed by atoms with van der Waals surface area (Å²) in [6.07, 6.45) is 4.39. The molecular weight excluding hydrogens is 314 g/mol. The molecule has 1 aliphatic carbocycles. The Balaban J connectivity index is 1.75. The van der Waals surface area contributed by atoms with Gasteiger partial charge in [-0.1, -0.05) is 36.6 Å². The molecular formula is C19H23N5O. The van der Waals surface area contributed by atoms with Gasteiger partial charge < -0.3 is 16.4 Å². The molecule has 2 aromatic rings. The topological polar surface area (TPSA) is 92.9 Å². The molecule has 0 unspecified atom stereocenters. The molecule has 1 fully saturated rings. The molecule has 6 nitrogen and oxygen atoms in total. The van der Waals surface area contributed by atoms with Crippen molar-refractivity contribution in [2.75, 3.05) is 5.32 Å².